The van der Waals surface area contributed by atoms with Crippen LogP contribution in [0, 0.1) is 17.8 Å². The van der Waals surface area contributed by atoms with Crippen LogP contribution in [-0.4, -0.2) is 11.7 Å². The lowest BCUT2D eigenvalue weighted by atomic mass is 9.33. The number of rotatable bonds is 5. The van der Waals surface area contributed by atoms with Gasteiger partial charge in [0.25, 0.3) is 6.71 Å². The summed E-state index contributed by atoms with van der Waals surface area (Å²) >= 11 is 0. The number of oxazole rings is 1. The Hall–Kier alpha value is -6.33. The molecule has 0 saturated heterocycles. The predicted octanol–water partition coefficient (Wildman–Crippen LogP) is 18.2. The lowest BCUT2D eigenvalue weighted by Gasteiger charge is -2.57. The molecule has 4 fully saturated rings. The van der Waals surface area contributed by atoms with Gasteiger partial charge in [-0.25, -0.2) is 4.98 Å². The maximum atomic E-state index is 7.03. The van der Waals surface area contributed by atoms with Crippen LogP contribution in [0.5, 0.6) is 0 Å². The summed E-state index contributed by atoms with van der Waals surface area (Å²) < 4.78 is 7.03. The first-order chi connectivity index (χ1) is 36.7. The van der Waals surface area contributed by atoms with Crippen LogP contribution in [0.2, 0.25) is 0 Å². The van der Waals surface area contributed by atoms with Gasteiger partial charge in [-0.1, -0.05) is 171 Å². The second-order valence-corrected chi connectivity index (χ2v) is 30.1. The zero-order valence-electron chi connectivity index (χ0n) is 49.5. The SMILES string of the molecule is CC(C)(C)c1ccc(-c2ccc(-c3nc4cc5c(cc4o3)B3c4cc(C(C)(C)C)ccc4N(c4ccc(C(C)(C)C)cc4)c4cc(C67CC8CC(CC(C8)C6)C7)cc(c43)N5c3cc(C(C)(C)C)cc(C(C)(C)C)c3)cc2)cc1. The van der Waals surface area contributed by atoms with Crippen molar-refractivity contribution in [1.29, 1.82) is 0 Å². The fourth-order valence-corrected chi connectivity index (χ4v) is 15.0. The largest absolute Gasteiger partial charge is 0.436 e. The highest BCUT2D eigenvalue weighted by molar-refractivity contribution is 7.00. The maximum Gasteiger partial charge on any atom is 0.252 e. The third kappa shape index (κ3) is 8.58. The first-order valence-electron chi connectivity index (χ1n) is 29.5. The fraction of sp³-hybridized carbons (Fsp3) is 0.411. The fourth-order valence-electron chi connectivity index (χ4n) is 15.0. The van der Waals surface area contributed by atoms with Gasteiger partial charge in [0.05, 0.1) is 0 Å². The maximum absolute atomic E-state index is 7.03. The van der Waals surface area contributed by atoms with Crippen molar-refractivity contribution in [3.63, 3.8) is 0 Å². The van der Waals surface area contributed by atoms with Gasteiger partial charge in [0.15, 0.2) is 5.58 Å². The third-order valence-electron chi connectivity index (χ3n) is 19.2. The van der Waals surface area contributed by atoms with Gasteiger partial charge >= 0.3 is 0 Å². The standard InChI is InChI=1S/C73H82BN3O/c1-68(2,3)50-22-20-48(21-23-50)47-16-18-49(19-17-47)67-75-60-40-62-59(39-65(60)78-67)74-58-36-52(70(7,8)9)26-29-61(58)76(56-27-24-51(25-28-56)69(4,5)6)63-37-55(73-41-44-30-45(42-73)32-46(31-44)43-73)38-64(66(63)74)77(62)57-34-53(71(10,11)12)33-54(35-57)72(13,14)15/h16-29,33-40,44-46H,30-32,41-43H2,1-15H3. The number of fused-ring (bicyclic) bond motifs is 5. The van der Waals surface area contributed by atoms with E-state index < -0.39 is 0 Å². The quantitative estimate of drug-likeness (QED) is 0.161. The average Bonchev–Trinajstić information content (AvgIpc) is 2.65. The summed E-state index contributed by atoms with van der Waals surface area (Å²) in [6.07, 6.45) is 8.12. The summed E-state index contributed by atoms with van der Waals surface area (Å²) in [4.78, 5) is 10.8. The van der Waals surface area contributed by atoms with Crippen molar-refractivity contribution in [3.8, 4) is 22.6 Å². The molecule has 5 heteroatoms. The second kappa shape index (κ2) is 17.3. The Bertz CT molecular complexity index is 3600. The summed E-state index contributed by atoms with van der Waals surface area (Å²) in [6.45, 7) is 35.0. The van der Waals surface area contributed by atoms with Gasteiger partial charge in [-0.05, 0) is 216 Å². The second-order valence-electron chi connectivity index (χ2n) is 30.1. The van der Waals surface area contributed by atoms with Crippen LogP contribution in [0.3, 0.4) is 0 Å². The minimum Gasteiger partial charge on any atom is -0.436 e. The van der Waals surface area contributed by atoms with Gasteiger partial charge in [-0.3, -0.25) is 0 Å². The Labute approximate surface area is 467 Å². The summed E-state index contributed by atoms with van der Waals surface area (Å²) in [6, 6.07) is 52.5. The van der Waals surface area contributed by atoms with Gasteiger partial charge in [0.1, 0.15) is 5.52 Å². The molecule has 0 spiro atoms. The van der Waals surface area contributed by atoms with Crippen LogP contribution >= 0.6 is 0 Å². The van der Waals surface area contributed by atoms with Gasteiger partial charge in [0, 0.05) is 39.7 Å². The van der Waals surface area contributed by atoms with E-state index in [4.69, 9.17) is 9.40 Å². The zero-order valence-corrected chi connectivity index (χ0v) is 49.5. The van der Waals surface area contributed by atoms with Crippen molar-refractivity contribution < 1.29 is 4.42 Å². The number of anilines is 6. The van der Waals surface area contributed by atoms with Crippen molar-refractivity contribution in [3.05, 3.63) is 167 Å². The summed E-state index contributed by atoms with van der Waals surface area (Å²) in [5.74, 6) is 3.09. The van der Waals surface area contributed by atoms with Crippen LogP contribution in [0.25, 0.3) is 33.7 Å². The molecule has 14 rings (SSSR count). The van der Waals surface area contributed by atoms with Gasteiger partial charge in [-0.2, -0.15) is 0 Å². The molecule has 8 aromatic rings. The van der Waals surface area contributed by atoms with E-state index in [1.54, 1.807) is 0 Å². The van der Waals surface area contributed by atoms with E-state index in [9.17, 15) is 0 Å². The monoisotopic (exact) mass is 1030 g/mol. The average molecular weight is 1030 g/mol. The lowest BCUT2D eigenvalue weighted by molar-refractivity contribution is -0.00514. The van der Waals surface area contributed by atoms with Crippen molar-refractivity contribution in [2.45, 2.75) is 175 Å². The molecule has 1 aromatic heterocycles. The highest BCUT2D eigenvalue weighted by Crippen LogP contribution is 2.62. The normalized spacial score (nSPS) is 20.8. The number of hydrogen-bond acceptors (Lipinski definition) is 4. The molecular formula is C73H82BN3O. The molecule has 4 bridgehead atoms. The molecule has 398 valence electrons. The molecule has 3 heterocycles. The summed E-state index contributed by atoms with van der Waals surface area (Å²) in [5, 5.41) is 0. The Morgan fingerprint density at radius 1 is 0.423 bits per heavy atom. The van der Waals surface area contributed by atoms with E-state index in [0.29, 0.717) is 5.89 Å². The van der Waals surface area contributed by atoms with Crippen LogP contribution < -0.4 is 26.2 Å². The van der Waals surface area contributed by atoms with Crippen LogP contribution in [0.4, 0.5) is 34.1 Å². The van der Waals surface area contributed by atoms with Gasteiger partial charge in [-0.15, -0.1) is 0 Å². The number of hydrogen-bond donors (Lipinski definition) is 0. The Balaban J connectivity index is 1.08. The van der Waals surface area contributed by atoms with Gasteiger partial charge < -0.3 is 14.2 Å². The summed E-state index contributed by atoms with van der Waals surface area (Å²) in [7, 11) is 0. The number of aromatic nitrogens is 1. The van der Waals surface area contributed by atoms with Crippen molar-refractivity contribution in [1.82, 2.24) is 4.98 Å². The predicted molar refractivity (Wildman–Crippen MR) is 332 cm³/mol. The summed E-state index contributed by atoms with van der Waals surface area (Å²) in [5.41, 5.74) is 24.8. The Morgan fingerprint density at radius 3 is 1.38 bits per heavy atom. The van der Waals surface area contributed by atoms with Crippen molar-refractivity contribution in [2.75, 3.05) is 9.80 Å². The molecule has 0 atom stereocenters. The molecule has 0 N–H and O–H groups in total. The smallest absolute Gasteiger partial charge is 0.252 e. The van der Waals surface area contributed by atoms with E-state index in [0.717, 1.165) is 34.4 Å². The number of nitrogens with zero attached hydrogens (tertiary/aromatic N) is 3. The molecule has 0 amide bonds. The molecule has 0 radical (unpaired) electrons. The van der Waals surface area contributed by atoms with Crippen molar-refractivity contribution in [2.24, 2.45) is 17.8 Å². The van der Waals surface area contributed by atoms with Crippen LogP contribution in [0.1, 0.15) is 176 Å². The highest BCUT2D eigenvalue weighted by Gasteiger charge is 2.53. The Kier molecular flexibility index (Phi) is 11.4. The highest BCUT2D eigenvalue weighted by atomic mass is 16.3. The minimum absolute atomic E-state index is 0.0363. The molecule has 0 unspecified atom stereocenters. The third-order valence-corrected chi connectivity index (χ3v) is 19.2. The van der Waals surface area contributed by atoms with Crippen molar-refractivity contribution >= 4 is 68.3 Å². The van der Waals surface area contributed by atoms with E-state index in [1.807, 2.05) is 0 Å². The van der Waals surface area contributed by atoms with Gasteiger partial charge in [0.2, 0.25) is 5.89 Å². The zero-order chi connectivity index (χ0) is 54.8. The minimum atomic E-state index is -0.0770. The molecule has 2 aliphatic heterocycles. The molecule has 4 saturated carbocycles. The first-order valence-corrected chi connectivity index (χ1v) is 29.5. The van der Waals surface area contributed by atoms with E-state index in [1.165, 1.54) is 134 Å². The lowest BCUT2D eigenvalue weighted by Crippen LogP contribution is -2.61. The topological polar surface area (TPSA) is 32.5 Å². The molecular weight excluding hydrogens is 946 g/mol. The molecule has 78 heavy (non-hydrogen) atoms. The molecule has 4 nitrogen and oxygen atoms in total. The van der Waals surface area contributed by atoms with Crippen LogP contribution in [0.15, 0.2) is 138 Å². The van der Waals surface area contributed by atoms with E-state index in [2.05, 4.69) is 247 Å². The molecule has 7 aromatic carbocycles. The Morgan fingerprint density at radius 2 is 0.872 bits per heavy atom. The van der Waals surface area contributed by atoms with E-state index >= 15 is 0 Å². The number of benzene rings is 7. The van der Waals surface area contributed by atoms with Crippen LogP contribution in [-0.2, 0) is 32.5 Å². The van der Waals surface area contributed by atoms with E-state index in [-0.39, 0.29) is 39.2 Å². The first kappa shape index (κ1) is 51.1. The molecule has 6 aliphatic rings. The molecule has 4 aliphatic carbocycles.